The van der Waals surface area contributed by atoms with Gasteiger partial charge in [-0.2, -0.15) is 0 Å². The lowest BCUT2D eigenvalue weighted by Gasteiger charge is -2.10. The molecule has 3 amide bonds. The molecule has 0 radical (unpaired) electrons. The molecule has 0 bridgehead atoms. The predicted octanol–water partition coefficient (Wildman–Crippen LogP) is 2.68. The van der Waals surface area contributed by atoms with Gasteiger partial charge >= 0.3 is 11.9 Å². The van der Waals surface area contributed by atoms with E-state index in [4.69, 9.17) is 9.63 Å². The van der Waals surface area contributed by atoms with Crippen molar-refractivity contribution in [3.8, 4) is 11.3 Å². The summed E-state index contributed by atoms with van der Waals surface area (Å²) in [6, 6.07) is 14.1. The summed E-state index contributed by atoms with van der Waals surface area (Å²) >= 11 is 0. The maximum atomic E-state index is 12.3. The normalized spacial score (nSPS) is 11.4. The van der Waals surface area contributed by atoms with Crippen molar-refractivity contribution in [2.45, 2.75) is 51.3 Å². The first-order valence-electron chi connectivity index (χ1n) is 14.5. The quantitative estimate of drug-likeness (QED) is 0.0873. The highest BCUT2D eigenvalue weighted by Crippen LogP contribution is 2.23. The van der Waals surface area contributed by atoms with E-state index in [1.54, 1.807) is 47.3 Å². The van der Waals surface area contributed by atoms with Crippen LogP contribution < -0.4 is 16.0 Å². The van der Waals surface area contributed by atoms with Crippen molar-refractivity contribution in [2.75, 3.05) is 17.7 Å². The molecule has 0 aliphatic rings. The maximum absolute atomic E-state index is 12.3. The molecule has 1 unspecified atom stereocenters. The minimum Gasteiger partial charge on any atom is -0.476 e. The highest BCUT2D eigenvalue weighted by Gasteiger charge is 2.18. The second-order valence-corrected chi connectivity index (χ2v) is 10.3. The van der Waals surface area contributed by atoms with Gasteiger partial charge in [-0.1, -0.05) is 22.5 Å². The number of carbonyl (C=O) groups excluding carboxylic acids is 4. The number of carbonyl (C=O) groups is 5. The van der Waals surface area contributed by atoms with E-state index in [-0.39, 0.29) is 55.0 Å². The lowest BCUT2D eigenvalue weighted by molar-refractivity contribution is -0.150. The van der Waals surface area contributed by atoms with Crippen LogP contribution in [0.25, 0.3) is 11.3 Å². The largest absolute Gasteiger partial charge is 0.476 e. The van der Waals surface area contributed by atoms with Crippen LogP contribution in [0.2, 0.25) is 0 Å². The number of aryl methyl sites for hydroxylation is 1. The number of carboxylic acid groups (broad SMARTS) is 1. The minimum atomic E-state index is -1.39. The van der Waals surface area contributed by atoms with Crippen molar-refractivity contribution in [1.82, 2.24) is 25.5 Å². The summed E-state index contributed by atoms with van der Waals surface area (Å²) in [6.07, 6.45) is 1.78. The van der Waals surface area contributed by atoms with E-state index in [0.29, 0.717) is 47.6 Å². The molecule has 5 N–H and O–H groups in total. The highest BCUT2D eigenvalue weighted by atomic mass is 16.5. The van der Waals surface area contributed by atoms with Gasteiger partial charge in [0.25, 0.3) is 0 Å². The third-order valence-corrected chi connectivity index (χ3v) is 6.79. The van der Waals surface area contributed by atoms with E-state index in [1.807, 2.05) is 0 Å². The third-order valence-electron chi connectivity index (χ3n) is 6.79. The molecule has 1 atom stereocenters. The number of esters is 1. The number of rotatable bonds is 16. The number of nitrogens with zero attached hydrogens (tertiary/aromatic N) is 4. The number of carboxylic acids is 1. The Morgan fingerprint density at radius 1 is 0.894 bits per heavy atom. The van der Waals surface area contributed by atoms with E-state index in [0.717, 1.165) is 0 Å². The van der Waals surface area contributed by atoms with Crippen LogP contribution in [0.5, 0.6) is 0 Å². The molecule has 4 aromatic rings. The van der Waals surface area contributed by atoms with Crippen molar-refractivity contribution in [2.24, 2.45) is 0 Å². The first-order chi connectivity index (χ1) is 22.6. The highest BCUT2D eigenvalue weighted by molar-refractivity contribution is 5.93. The van der Waals surface area contributed by atoms with Gasteiger partial charge < -0.3 is 35.4 Å². The van der Waals surface area contributed by atoms with Crippen LogP contribution in [0.1, 0.15) is 60.0 Å². The first-order valence-corrected chi connectivity index (χ1v) is 14.5. The van der Waals surface area contributed by atoms with Crippen LogP contribution in [-0.4, -0.2) is 67.1 Å². The zero-order chi connectivity index (χ0) is 33.8. The van der Waals surface area contributed by atoms with Crippen LogP contribution >= 0.6 is 0 Å². The minimum absolute atomic E-state index is 0.0320. The fourth-order valence-corrected chi connectivity index (χ4v) is 4.27. The molecule has 0 fully saturated rings. The monoisotopic (exact) mass is 647 g/mol. The number of unbranched alkanes of at least 4 members (excludes halogenated alkanes) is 1. The Kier molecular flexibility index (Phi) is 11.9. The fraction of sp³-hybridized carbons (Fsp3) is 0.290. The molecule has 0 spiro atoms. The van der Waals surface area contributed by atoms with Crippen LogP contribution in [0.3, 0.4) is 0 Å². The summed E-state index contributed by atoms with van der Waals surface area (Å²) in [7, 11) is 1.19. The lowest BCUT2D eigenvalue weighted by Crippen LogP contribution is -2.24. The van der Waals surface area contributed by atoms with Crippen molar-refractivity contribution in [3.63, 3.8) is 0 Å². The van der Waals surface area contributed by atoms with Crippen molar-refractivity contribution < 1.29 is 43.4 Å². The molecule has 0 aliphatic heterocycles. The molecule has 0 aliphatic carbocycles. The lowest BCUT2D eigenvalue weighted by atomic mass is 10.1. The number of aliphatic hydroxyl groups is 1. The van der Waals surface area contributed by atoms with E-state index in [1.165, 1.54) is 25.3 Å². The third kappa shape index (κ3) is 10.3. The van der Waals surface area contributed by atoms with Gasteiger partial charge in [0.05, 0.1) is 19.9 Å². The Hall–Kier alpha value is -5.90. The molecule has 4 rings (SSSR count). The standard InChI is InChI=1S/C31H33N7O9/c1-46-31(45)29(42)20-7-11-22(12-8-20)33-27(40)4-2-3-15-38-18-23(35-37-38)17-32-26(39)13-14-28(41)34-21-9-5-19(6-10-21)25-16-24(30(43)44)36-47-25/h5-12,16,18,29,42H,2-4,13-15,17H2,1H3,(H,32,39)(H,33,40)(H,34,41)(H,43,44). The maximum Gasteiger partial charge on any atom is 0.358 e. The summed E-state index contributed by atoms with van der Waals surface area (Å²) in [5.74, 6) is -2.55. The molecule has 2 aromatic carbocycles. The van der Waals surface area contributed by atoms with Crippen LogP contribution in [-0.2, 0) is 37.0 Å². The van der Waals surface area contributed by atoms with Crippen molar-refractivity contribution >= 4 is 41.0 Å². The van der Waals surface area contributed by atoms with Gasteiger partial charge in [-0.05, 0) is 54.8 Å². The summed E-state index contributed by atoms with van der Waals surface area (Å²) < 4.78 is 11.1. The Balaban J connectivity index is 1.09. The Morgan fingerprint density at radius 2 is 1.53 bits per heavy atom. The van der Waals surface area contributed by atoms with Crippen molar-refractivity contribution in [3.05, 3.63) is 77.7 Å². The topological polar surface area (TPSA) is 228 Å². The Bertz CT molecular complexity index is 1700. The zero-order valence-electron chi connectivity index (χ0n) is 25.3. The van der Waals surface area contributed by atoms with Crippen LogP contribution in [0, 0.1) is 0 Å². The van der Waals surface area contributed by atoms with Crippen LogP contribution in [0.15, 0.2) is 65.3 Å². The molecule has 16 nitrogen and oxygen atoms in total. The molecule has 0 saturated carbocycles. The Labute approximate surface area is 268 Å². The fourth-order valence-electron chi connectivity index (χ4n) is 4.27. The molecule has 2 aromatic heterocycles. The zero-order valence-corrected chi connectivity index (χ0v) is 25.3. The first kappa shape index (κ1) is 34.0. The van der Waals surface area contributed by atoms with Crippen LogP contribution in [0.4, 0.5) is 11.4 Å². The molecular formula is C31H33N7O9. The average Bonchev–Trinajstić information content (AvgIpc) is 3.75. The number of hydrogen-bond acceptors (Lipinski definition) is 11. The molecule has 16 heteroatoms. The predicted molar refractivity (Wildman–Crippen MR) is 165 cm³/mol. The van der Waals surface area contributed by atoms with E-state index < -0.39 is 18.0 Å². The summed E-state index contributed by atoms with van der Waals surface area (Å²) in [5.41, 5.74) is 2.32. The van der Waals surface area contributed by atoms with E-state index >= 15 is 0 Å². The van der Waals surface area contributed by atoms with Gasteiger partial charge in [0, 0.05) is 48.8 Å². The van der Waals surface area contributed by atoms with Gasteiger partial charge in [-0.15, -0.1) is 5.10 Å². The number of hydrogen-bond donors (Lipinski definition) is 5. The van der Waals surface area contributed by atoms with E-state index in [2.05, 4.69) is 36.2 Å². The number of aliphatic hydroxyl groups excluding tert-OH is 1. The van der Waals surface area contributed by atoms with Gasteiger partial charge in [0.15, 0.2) is 17.6 Å². The average molecular weight is 648 g/mol. The summed E-state index contributed by atoms with van der Waals surface area (Å²) in [4.78, 5) is 59.2. The second-order valence-electron chi connectivity index (χ2n) is 10.3. The molecule has 0 saturated heterocycles. The Morgan fingerprint density at radius 3 is 2.17 bits per heavy atom. The number of amides is 3. The van der Waals surface area contributed by atoms with Gasteiger partial charge in [-0.25, -0.2) is 9.59 Å². The van der Waals surface area contributed by atoms with Crippen molar-refractivity contribution in [1.29, 1.82) is 0 Å². The number of benzene rings is 2. The SMILES string of the molecule is COC(=O)C(O)c1ccc(NC(=O)CCCCn2cc(CNC(=O)CCC(=O)Nc3ccc(-c4cc(C(=O)O)no4)cc3)nn2)cc1. The number of ether oxygens (including phenoxy) is 1. The molecular weight excluding hydrogens is 614 g/mol. The number of methoxy groups -OCH3 is 1. The molecule has 47 heavy (non-hydrogen) atoms. The van der Waals surface area contributed by atoms with Gasteiger partial charge in [-0.3, -0.25) is 19.1 Å². The van der Waals surface area contributed by atoms with Gasteiger partial charge in [0.1, 0.15) is 5.69 Å². The van der Waals surface area contributed by atoms with E-state index in [9.17, 15) is 29.1 Å². The number of anilines is 2. The summed E-state index contributed by atoms with van der Waals surface area (Å²) in [6.45, 7) is 0.669. The number of nitrogens with one attached hydrogen (secondary N) is 3. The molecule has 2 heterocycles. The number of aromatic nitrogens is 4. The number of aromatic carboxylic acids is 1. The smallest absolute Gasteiger partial charge is 0.358 e. The molecule has 246 valence electrons. The summed E-state index contributed by atoms with van der Waals surface area (Å²) in [5, 5.41) is 38.5. The van der Waals surface area contributed by atoms with Gasteiger partial charge in [0.2, 0.25) is 17.7 Å². The second kappa shape index (κ2) is 16.4.